The van der Waals surface area contributed by atoms with E-state index in [-0.39, 0.29) is 11.1 Å². The van der Waals surface area contributed by atoms with Crippen molar-refractivity contribution in [2.75, 3.05) is 19.8 Å². The minimum Gasteiger partial charge on any atom is -0.376 e. The van der Waals surface area contributed by atoms with Crippen molar-refractivity contribution in [1.82, 2.24) is 24.9 Å². The molecule has 1 aliphatic carbocycles. The molecule has 9 nitrogen and oxygen atoms in total. The molecule has 0 radical (unpaired) electrons. The summed E-state index contributed by atoms with van der Waals surface area (Å²) in [6, 6.07) is 7.17. The van der Waals surface area contributed by atoms with Gasteiger partial charge in [-0.05, 0) is 34.9 Å². The fourth-order valence-electron chi connectivity index (χ4n) is 5.80. The first-order valence-electron chi connectivity index (χ1n) is 13.0. The Balaban J connectivity index is 1.31. The van der Waals surface area contributed by atoms with Crippen molar-refractivity contribution < 1.29 is 45.5 Å². The molecule has 43 heavy (non-hydrogen) atoms. The zero-order chi connectivity index (χ0) is 30.9. The van der Waals surface area contributed by atoms with E-state index in [1.165, 1.54) is 41.2 Å². The topological polar surface area (TPSA) is 96.8 Å². The van der Waals surface area contributed by atoms with Crippen molar-refractivity contribution in [3.63, 3.8) is 0 Å². The summed E-state index contributed by atoms with van der Waals surface area (Å²) in [6.45, 7) is -3.59. The van der Waals surface area contributed by atoms with Crippen molar-refractivity contribution in [1.29, 1.82) is 0 Å². The molecule has 0 unspecified atom stereocenters. The molecule has 3 aromatic rings. The van der Waals surface area contributed by atoms with Crippen molar-refractivity contribution in [2.24, 2.45) is 7.05 Å². The first-order chi connectivity index (χ1) is 20.2. The van der Waals surface area contributed by atoms with Crippen LogP contribution in [-0.2, 0) is 39.4 Å². The van der Waals surface area contributed by atoms with Gasteiger partial charge in [-0.3, -0.25) is 19.2 Å². The number of imide groups is 1. The Labute approximate surface area is 240 Å². The van der Waals surface area contributed by atoms with E-state index in [1.54, 1.807) is 13.2 Å². The molecule has 2 fully saturated rings. The van der Waals surface area contributed by atoms with E-state index >= 15 is 8.78 Å². The average Bonchev–Trinajstić information content (AvgIpc) is 3.51. The number of hydrogen-bond acceptors (Lipinski definition) is 5. The van der Waals surface area contributed by atoms with Crippen LogP contribution in [0.5, 0.6) is 0 Å². The quantitative estimate of drug-likeness (QED) is 0.340. The number of halogens is 6. The zero-order valence-electron chi connectivity index (χ0n) is 22.4. The Bertz CT molecular complexity index is 1630. The summed E-state index contributed by atoms with van der Waals surface area (Å²) in [6.07, 6.45) is -3.02. The molecule has 15 heteroatoms. The molecular formula is C28H23F6N5O4. The highest BCUT2D eigenvalue weighted by molar-refractivity contribution is 6.10. The monoisotopic (exact) mass is 607 g/mol. The van der Waals surface area contributed by atoms with Crippen LogP contribution in [0.25, 0.3) is 11.1 Å². The van der Waals surface area contributed by atoms with Crippen molar-refractivity contribution in [2.45, 2.75) is 36.1 Å². The van der Waals surface area contributed by atoms with Crippen LogP contribution in [0, 0.1) is 5.82 Å². The largest absolute Gasteiger partial charge is 0.416 e. The molecule has 1 N–H and O–H groups in total. The zero-order valence-corrected chi connectivity index (χ0v) is 22.4. The maximum absolute atomic E-state index is 15.4. The number of urea groups is 1. The lowest BCUT2D eigenvalue weighted by atomic mass is 9.90. The van der Waals surface area contributed by atoms with Crippen LogP contribution in [0.2, 0.25) is 0 Å². The molecule has 4 amide bonds. The lowest BCUT2D eigenvalue weighted by Crippen LogP contribution is -2.72. The first-order valence-corrected chi connectivity index (χ1v) is 13.0. The molecule has 3 heterocycles. The summed E-state index contributed by atoms with van der Waals surface area (Å²) in [7, 11) is 1.65. The van der Waals surface area contributed by atoms with E-state index in [1.807, 2.05) is 0 Å². The molecule has 1 atom stereocenters. The van der Waals surface area contributed by atoms with E-state index < -0.39 is 85.1 Å². The normalized spacial score (nSPS) is 22.0. The van der Waals surface area contributed by atoms with Gasteiger partial charge in [0.1, 0.15) is 12.4 Å². The maximum Gasteiger partial charge on any atom is 0.416 e. The number of aryl methyl sites for hydroxylation is 1. The highest BCUT2D eigenvalue weighted by Gasteiger charge is 2.67. The SMILES string of the molecule is Cn1cc(-c2ccc3c(c2)C(F)(F)C[C@]32NC(=O)N(CC(=O)N(Cc3ccc(F)cc3)C3(C(F)(F)F)COC3)C2=O)cn1. The molecular weight excluding hydrogens is 584 g/mol. The van der Waals surface area contributed by atoms with E-state index in [2.05, 4.69) is 10.4 Å². The van der Waals surface area contributed by atoms with Gasteiger partial charge in [0.2, 0.25) is 5.91 Å². The molecule has 2 aliphatic heterocycles. The third-order valence-corrected chi connectivity index (χ3v) is 8.15. The van der Waals surface area contributed by atoms with Crippen LogP contribution in [0.15, 0.2) is 54.9 Å². The van der Waals surface area contributed by atoms with E-state index in [4.69, 9.17) is 4.74 Å². The summed E-state index contributed by atoms with van der Waals surface area (Å²) in [5.74, 6) is -6.67. The lowest BCUT2D eigenvalue weighted by Gasteiger charge is -2.50. The van der Waals surface area contributed by atoms with E-state index in [9.17, 15) is 31.9 Å². The summed E-state index contributed by atoms with van der Waals surface area (Å²) in [5, 5.41) is 6.30. The Morgan fingerprint density at radius 3 is 2.35 bits per heavy atom. The van der Waals surface area contributed by atoms with Gasteiger partial charge in [0.15, 0.2) is 11.1 Å². The lowest BCUT2D eigenvalue weighted by molar-refractivity contribution is -0.302. The Morgan fingerprint density at radius 1 is 1.07 bits per heavy atom. The van der Waals surface area contributed by atoms with Crippen LogP contribution in [0.3, 0.4) is 0 Å². The minimum absolute atomic E-state index is 0.146. The van der Waals surface area contributed by atoms with Crippen LogP contribution in [0.4, 0.5) is 31.1 Å². The smallest absolute Gasteiger partial charge is 0.376 e. The molecule has 0 saturated carbocycles. The highest BCUT2D eigenvalue weighted by Crippen LogP contribution is 2.53. The van der Waals surface area contributed by atoms with Gasteiger partial charge in [-0.15, -0.1) is 0 Å². The predicted molar refractivity (Wildman–Crippen MR) is 136 cm³/mol. The third-order valence-electron chi connectivity index (χ3n) is 8.15. The Kier molecular flexibility index (Phi) is 6.38. The third kappa shape index (κ3) is 4.44. The van der Waals surface area contributed by atoms with Gasteiger partial charge in [0.25, 0.3) is 11.8 Å². The first kappa shape index (κ1) is 28.7. The number of carbonyl (C=O) groups excluding carboxylic acids is 3. The second kappa shape index (κ2) is 9.56. The standard InChI is InChI=1S/C28H23F6N5O4/c1-37-11-18(9-35-37)17-4-7-20-21(8-17)27(30,31)13-26(20)23(41)38(24(42)36-26)12-22(40)39(10-16-2-5-19(29)6-3-16)25(14-43-15-25)28(32,33)34/h2-9,11H,10,12-15H2,1H3,(H,36,42)/t26-/m0/s1. The van der Waals surface area contributed by atoms with Gasteiger partial charge in [0, 0.05) is 30.9 Å². The molecule has 6 rings (SSSR count). The van der Waals surface area contributed by atoms with Crippen LogP contribution in [0.1, 0.15) is 23.1 Å². The minimum atomic E-state index is -4.96. The molecule has 1 spiro atoms. The van der Waals surface area contributed by atoms with Gasteiger partial charge in [0.05, 0.1) is 25.8 Å². The molecule has 1 aromatic heterocycles. The van der Waals surface area contributed by atoms with Crippen molar-refractivity contribution >= 4 is 17.8 Å². The number of aromatic nitrogens is 2. The number of hydrogen-bond donors (Lipinski definition) is 1. The summed E-state index contributed by atoms with van der Waals surface area (Å²) in [5.41, 5.74) is -4.61. The van der Waals surface area contributed by atoms with Crippen LogP contribution >= 0.6 is 0 Å². The predicted octanol–water partition coefficient (Wildman–Crippen LogP) is 3.83. The van der Waals surface area contributed by atoms with Crippen LogP contribution < -0.4 is 5.32 Å². The number of amides is 4. The number of ether oxygens (including phenoxy) is 1. The van der Waals surface area contributed by atoms with Crippen molar-refractivity contribution in [3.8, 4) is 11.1 Å². The fourth-order valence-corrected chi connectivity index (χ4v) is 5.80. The van der Waals surface area contributed by atoms with Gasteiger partial charge < -0.3 is 15.0 Å². The van der Waals surface area contributed by atoms with Gasteiger partial charge in [-0.25, -0.2) is 18.0 Å². The fraction of sp³-hybridized carbons (Fsp3) is 0.357. The highest BCUT2D eigenvalue weighted by atomic mass is 19.4. The second-order valence-corrected chi connectivity index (χ2v) is 10.9. The number of fused-ring (bicyclic) bond motifs is 2. The molecule has 0 bridgehead atoms. The number of nitrogens with one attached hydrogen (secondary N) is 1. The Morgan fingerprint density at radius 2 is 1.77 bits per heavy atom. The molecule has 2 saturated heterocycles. The number of benzene rings is 2. The van der Waals surface area contributed by atoms with Gasteiger partial charge in [-0.2, -0.15) is 18.3 Å². The van der Waals surface area contributed by atoms with Crippen molar-refractivity contribution in [3.05, 3.63) is 77.4 Å². The number of carbonyl (C=O) groups is 3. The number of alkyl halides is 5. The summed E-state index contributed by atoms with van der Waals surface area (Å²) < 4.78 is 93.3. The van der Waals surface area contributed by atoms with Gasteiger partial charge in [-0.1, -0.05) is 24.3 Å². The average molecular weight is 608 g/mol. The summed E-state index contributed by atoms with van der Waals surface area (Å²) in [4.78, 5) is 41.0. The number of rotatable bonds is 6. The van der Waals surface area contributed by atoms with Crippen LogP contribution in [-0.4, -0.2) is 68.9 Å². The second-order valence-electron chi connectivity index (χ2n) is 10.9. The Hall–Kier alpha value is -4.40. The molecule has 2 aromatic carbocycles. The van der Waals surface area contributed by atoms with Gasteiger partial charge >= 0.3 is 12.2 Å². The molecule has 226 valence electrons. The summed E-state index contributed by atoms with van der Waals surface area (Å²) >= 11 is 0. The molecule has 3 aliphatic rings. The van der Waals surface area contributed by atoms with E-state index in [0.717, 1.165) is 12.1 Å². The number of nitrogens with zero attached hydrogens (tertiary/aromatic N) is 4. The van der Waals surface area contributed by atoms with E-state index in [0.29, 0.717) is 20.9 Å². The maximum atomic E-state index is 15.4.